The molecule has 136 valence electrons. The van der Waals surface area contributed by atoms with E-state index in [1.165, 1.54) is 43.8 Å². The summed E-state index contributed by atoms with van der Waals surface area (Å²) in [6.45, 7) is 4.50. The van der Waals surface area contributed by atoms with E-state index >= 15 is 0 Å². The van der Waals surface area contributed by atoms with E-state index in [0.29, 0.717) is 0 Å². The Hall–Kier alpha value is -2.32. The first-order chi connectivity index (χ1) is 13.2. The van der Waals surface area contributed by atoms with Gasteiger partial charge < -0.3 is 4.74 Å². The average Bonchev–Trinajstić information content (AvgIpc) is 2.71. The minimum atomic E-state index is 0.855. The molecule has 4 rings (SSSR count). The molecule has 0 radical (unpaired) electrons. The standard InChI is InChI=1S/C25H23BrO/c1-4-18-20-8-6-7-9-21(20)19(5-2)23-14-16(10-12-22(18)23)17-11-13-25(27-3)24(26)15-17/h6-15H,4-5H2,1-3H3. The number of hydrogen-bond donors (Lipinski definition) is 0. The van der Waals surface area contributed by atoms with Gasteiger partial charge in [-0.15, -0.1) is 0 Å². The van der Waals surface area contributed by atoms with Crippen LogP contribution in [0.5, 0.6) is 5.75 Å². The van der Waals surface area contributed by atoms with Gasteiger partial charge in [-0.3, -0.25) is 0 Å². The first-order valence-corrected chi connectivity index (χ1v) is 10.3. The van der Waals surface area contributed by atoms with E-state index in [-0.39, 0.29) is 0 Å². The summed E-state index contributed by atoms with van der Waals surface area (Å²) in [5.74, 6) is 0.855. The maximum Gasteiger partial charge on any atom is 0.133 e. The van der Waals surface area contributed by atoms with E-state index in [1.807, 2.05) is 6.07 Å². The van der Waals surface area contributed by atoms with Gasteiger partial charge in [-0.05, 0) is 90.8 Å². The van der Waals surface area contributed by atoms with Gasteiger partial charge in [0, 0.05) is 0 Å². The maximum atomic E-state index is 5.37. The van der Waals surface area contributed by atoms with Crippen molar-refractivity contribution in [3.05, 3.63) is 76.3 Å². The lowest BCUT2D eigenvalue weighted by Gasteiger charge is -2.16. The zero-order chi connectivity index (χ0) is 19.0. The van der Waals surface area contributed by atoms with Crippen molar-refractivity contribution in [2.45, 2.75) is 26.7 Å². The molecule has 0 aliphatic heterocycles. The molecule has 0 unspecified atom stereocenters. The predicted molar refractivity (Wildman–Crippen MR) is 120 cm³/mol. The second kappa shape index (κ2) is 7.36. The largest absolute Gasteiger partial charge is 0.496 e. The van der Waals surface area contributed by atoms with Gasteiger partial charge in [-0.1, -0.05) is 56.3 Å². The fourth-order valence-corrected chi connectivity index (χ4v) is 4.68. The highest BCUT2D eigenvalue weighted by Crippen LogP contribution is 2.37. The molecule has 0 saturated heterocycles. The van der Waals surface area contributed by atoms with Crippen LogP contribution < -0.4 is 4.74 Å². The van der Waals surface area contributed by atoms with Crippen molar-refractivity contribution < 1.29 is 4.74 Å². The smallest absolute Gasteiger partial charge is 0.133 e. The second-order valence-electron chi connectivity index (χ2n) is 6.82. The number of fused-ring (bicyclic) bond motifs is 2. The number of benzene rings is 4. The Morgan fingerprint density at radius 2 is 1.26 bits per heavy atom. The van der Waals surface area contributed by atoms with Crippen LogP contribution in [0, 0.1) is 0 Å². The first-order valence-electron chi connectivity index (χ1n) is 9.48. The lowest BCUT2D eigenvalue weighted by atomic mass is 9.88. The van der Waals surface area contributed by atoms with Gasteiger partial charge in [0.1, 0.15) is 5.75 Å². The third-order valence-electron chi connectivity index (χ3n) is 5.44. The Morgan fingerprint density at radius 3 is 1.85 bits per heavy atom. The third kappa shape index (κ3) is 3.02. The molecule has 0 saturated carbocycles. The molecule has 0 bridgehead atoms. The molecule has 0 spiro atoms. The molecule has 0 fully saturated rings. The lowest BCUT2D eigenvalue weighted by Crippen LogP contribution is -1.94. The van der Waals surface area contributed by atoms with Crippen LogP contribution in [0.2, 0.25) is 0 Å². The van der Waals surface area contributed by atoms with Crippen LogP contribution in [-0.2, 0) is 12.8 Å². The molecule has 0 aliphatic rings. The highest BCUT2D eigenvalue weighted by molar-refractivity contribution is 9.10. The Labute approximate surface area is 169 Å². The number of halogens is 1. The predicted octanol–water partition coefficient (Wildman–Crippen LogP) is 7.56. The molecule has 0 aliphatic carbocycles. The van der Waals surface area contributed by atoms with Crippen molar-refractivity contribution in [2.24, 2.45) is 0 Å². The molecular weight excluding hydrogens is 396 g/mol. The molecule has 4 aromatic carbocycles. The van der Waals surface area contributed by atoms with Crippen molar-refractivity contribution in [1.82, 2.24) is 0 Å². The Kier molecular flexibility index (Phi) is 4.92. The van der Waals surface area contributed by atoms with Crippen LogP contribution in [0.4, 0.5) is 0 Å². The quantitative estimate of drug-likeness (QED) is 0.310. The monoisotopic (exact) mass is 418 g/mol. The SMILES string of the molecule is CCc1c2ccccc2c(CC)c2cc(-c3ccc(OC)c(Br)c3)ccc12. The summed E-state index contributed by atoms with van der Waals surface area (Å²) in [6.07, 6.45) is 2.06. The van der Waals surface area contributed by atoms with Gasteiger partial charge in [0.2, 0.25) is 0 Å². The van der Waals surface area contributed by atoms with Crippen LogP contribution >= 0.6 is 15.9 Å². The van der Waals surface area contributed by atoms with Gasteiger partial charge in [0.15, 0.2) is 0 Å². The highest BCUT2D eigenvalue weighted by atomic mass is 79.9. The average molecular weight is 419 g/mol. The van der Waals surface area contributed by atoms with Gasteiger partial charge >= 0.3 is 0 Å². The molecular formula is C25H23BrO. The molecule has 2 heteroatoms. The van der Waals surface area contributed by atoms with Gasteiger partial charge in [-0.25, -0.2) is 0 Å². The second-order valence-corrected chi connectivity index (χ2v) is 7.67. The Balaban J connectivity index is 2.02. The minimum absolute atomic E-state index is 0.855. The van der Waals surface area contributed by atoms with Gasteiger partial charge in [-0.2, -0.15) is 0 Å². The highest BCUT2D eigenvalue weighted by Gasteiger charge is 2.13. The summed E-state index contributed by atoms with van der Waals surface area (Å²) >= 11 is 3.61. The van der Waals surface area contributed by atoms with Crippen LogP contribution in [0.1, 0.15) is 25.0 Å². The molecule has 1 nitrogen and oxygen atoms in total. The fraction of sp³-hybridized carbons (Fsp3) is 0.200. The number of aryl methyl sites for hydroxylation is 2. The number of ether oxygens (including phenoxy) is 1. The van der Waals surface area contributed by atoms with Gasteiger partial charge in [0.25, 0.3) is 0 Å². The summed E-state index contributed by atoms with van der Waals surface area (Å²) in [4.78, 5) is 0. The molecule has 0 heterocycles. The van der Waals surface area contributed by atoms with Crippen molar-refractivity contribution in [3.8, 4) is 16.9 Å². The van der Waals surface area contributed by atoms with E-state index in [0.717, 1.165) is 23.1 Å². The third-order valence-corrected chi connectivity index (χ3v) is 6.06. The van der Waals surface area contributed by atoms with Crippen molar-refractivity contribution in [1.29, 1.82) is 0 Å². The maximum absolute atomic E-state index is 5.37. The zero-order valence-corrected chi connectivity index (χ0v) is 17.6. The molecule has 27 heavy (non-hydrogen) atoms. The summed E-state index contributed by atoms with van der Waals surface area (Å²) in [6, 6.07) is 22.0. The van der Waals surface area contributed by atoms with Crippen molar-refractivity contribution >= 4 is 37.5 Å². The van der Waals surface area contributed by atoms with Crippen LogP contribution in [0.25, 0.3) is 32.7 Å². The minimum Gasteiger partial charge on any atom is -0.496 e. The van der Waals surface area contributed by atoms with Gasteiger partial charge in [0.05, 0.1) is 11.6 Å². The lowest BCUT2D eigenvalue weighted by molar-refractivity contribution is 0.412. The summed E-state index contributed by atoms with van der Waals surface area (Å²) in [5.41, 5.74) is 5.31. The van der Waals surface area contributed by atoms with E-state index in [1.54, 1.807) is 7.11 Å². The van der Waals surface area contributed by atoms with Crippen LogP contribution in [0.15, 0.2) is 65.1 Å². The summed E-state index contributed by atoms with van der Waals surface area (Å²) in [5, 5.41) is 5.53. The van der Waals surface area contributed by atoms with Crippen molar-refractivity contribution in [3.63, 3.8) is 0 Å². The summed E-state index contributed by atoms with van der Waals surface area (Å²) < 4.78 is 6.35. The van der Waals surface area contributed by atoms with E-state index < -0.39 is 0 Å². The van der Waals surface area contributed by atoms with E-state index in [9.17, 15) is 0 Å². The normalized spacial score (nSPS) is 11.3. The molecule has 0 N–H and O–H groups in total. The molecule has 4 aromatic rings. The van der Waals surface area contributed by atoms with E-state index in [2.05, 4.69) is 84.4 Å². The zero-order valence-electron chi connectivity index (χ0n) is 16.0. The molecule has 0 atom stereocenters. The van der Waals surface area contributed by atoms with E-state index in [4.69, 9.17) is 4.74 Å². The number of rotatable bonds is 4. The molecule has 0 amide bonds. The Bertz CT molecular complexity index is 1140. The van der Waals surface area contributed by atoms with Crippen LogP contribution in [0.3, 0.4) is 0 Å². The Morgan fingerprint density at radius 1 is 0.704 bits per heavy atom. The first kappa shape index (κ1) is 18.1. The fourth-order valence-electron chi connectivity index (χ4n) is 4.14. The number of methoxy groups -OCH3 is 1. The topological polar surface area (TPSA) is 9.23 Å². The van der Waals surface area contributed by atoms with Crippen LogP contribution in [-0.4, -0.2) is 7.11 Å². The van der Waals surface area contributed by atoms with Crippen molar-refractivity contribution in [2.75, 3.05) is 7.11 Å². The molecule has 0 aromatic heterocycles. The summed E-state index contributed by atoms with van der Waals surface area (Å²) in [7, 11) is 1.70. The number of hydrogen-bond acceptors (Lipinski definition) is 1.